The van der Waals surface area contributed by atoms with E-state index in [-0.39, 0.29) is 16.4 Å². The number of nitriles is 1. The monoisotopic (exact) mass is 346 g/mol. The van der Waals surface area contributed by atoms with Crippen LogP contribution in [-0.2, 0) is 10.0 Å². The second kappa shape index (κ2) is 6.26. The number of hydrogen-bond acceptors (Lipinski definition) is 5. The number of halogens is 1. The van der Waals surface area contributed by atoms with Crippen LogP contribution in [0.25, 0.3) is 0 Å². The molecule has 1 aromatic carbocycles. The van der Waals surface area contributed by atoms with E-state index >= 15 is 0 Å². The van der Waals surface area contributed by atoms with Gasteiger partial charge in [0.25, 0.3) is 0 Å². The molecule has 3 rings (SSSR count). The molecule has 8 heteroatoms. The van der Waals surface area contributed by atoms with Gasteiger partial charge in [-0.05, 0) is 49.9 Å². The number of benzene rings is 1. The fourth-order valence-electron chi connectivity index (χ4n) is 2.46. The van der Waals surface area contributed by atoms with Gasteiger partial charge in [-0.2, -0.15) is 5.26 Å². The van der Waals surface area contributed by atoms with Crippen LogP contribution in [0.5, 0.6) is 0 Å². The molecule has 2 aromatic rings. The summed E-state index contributed by atoms with van der Waals surface area (Å²) in [5.74, 6) is -0.138. The summed E-state index contributed by atoms with van der Waals surface area (Å²) in [5.41, 5.74) is 0.506. The lowest BCUT2D eigenvalue weighted by Gasteiger charge is -2.18. The Morgan fingerprint density at radius 1 is 1.38 bits per heavy atom. The van der Waals surface area contributed by atoms with Crippen LogP contribution in [0.4, 0.5) is 4.39 Å². The molecule has 0 amide bonds. The molecule has 1 aromatic heterocycles. The lowest BCUT2D eigenvalue weighted by atomic mass is 10.2. The van der Waals surface area contributed by atoms with Crippen LogP contribution < -0.4 is 4.72 Å². The first kappa shape index (κ1) is 16.5. The van der Waals surface area contributed by atoms with E-state index < -0.39 is 21.9 Å². The van der Waals surface area contributed by atoms with E-state index in [1.54, 1.807) is 25.3 Å². The van der Waals surface area contributed by atoms with Crippen LogP contribution in [0.3, 0.4) is 0 Å². The molecule has 24 heavy (non-hydrogen) atoms. The van der Waals surface area contributed by atoms with Gasteiger partial charge in [0.15, 0.2) is 0 Å². The van der Waals surface area contributed by atoms with Gasteiger partial charge < -0.3 is 0 Å². The summed E-state index contributed by atoms with van der Waals surface area (Å²) in [5, 5.41) is 9.08. The third-order valence-corrected chi connectivity index (χ3v) is 5.32. The second-order valence-electron chi connectivity index (χ2n) is 5.74. The zero-order valence-electron chi connectivity index (χ0n) is 12.9. The Kier molecular flexibility index (Phi) is 4.30. The van der Waals surface area contributed by atoms with Crippen molar-refractivity contribution >= 4 is 10.0 Å². The molecule has 124 valence electrons. The first-order valence-electron chi connectivity index (χ1n) is 7.42. The summed E-state index contributed by atoms with van der Waals surface area (Å²) in [6, 6.07) is 5.91. The van der Waals surface area contributed by atoms with E-state index in [0.29, 0.717) is 5.82 Å². The molecule has 0 saturated heterocycles. The summed E-state index contributed by atoms with van der Waals surface area (Å²) < 4.78 is 41.2. The smallest absolute Gasteiger partial charge is 0.240 e. The summed E-state index contributed by atoms with van der Waals surface area (Å²) in [7, 11) is -4.00. The van der Waals surface area contributed by atoms with Crippen molar-refractivity contribution in [2.24, 2.45) is 5.92 Å². The van der Waals surface area contributed by atoms with Crippen molar-refractivity contribution in [1.29, 1.82) is 5.26 Å². The number of nitrogens with zero attached hydrogens (tertiary/aromatic N) is 3. The highest BCUT2D eigenvalue weighted by Gasteiger charge is 2.37. The zero-order valence-corrected chi connectivity index (χ0v) is 13.7. The first-order valence-corrected chi connectivity index (χ1v) is 8.90. The number of sulfonamides is 1. The van der Waals surface area contributed by atoms with Crippen molar-refractivity contribution < 1.29 is 12.8 Å². The van der Waals surface area contributed by atoms with Crippen LogP contribution in [0.15, 0.2) is 35.4 Å². The Bertz CT molecular complexity index is 920. The molecule has 1 atom stereocenters. The molecule has 1 fully saturated rings. The highest BCUT2D eigenvalue weighted by molar-refractivity contribution is 7.89. The fraction of sp³-hybridized carbons (Fsp3) is 0.312. The van der Waals surface area contributed by atoms with E-state index in [9.17, 15) is 12.8 Å². The van der Waals surface area contributed by atoms with Crippen molar-refractivity contribution in [2.45, 2.75) is 30.7 Å². The van der Waals surface area contributed by atoms with Crippen LogP contribution in [-0.4, -0.2) is 18.4 Å². The van der Waals surface area contributed by atoms with Gasteiger partial charge in [0.05, 0.1) is 16.5 Å². The number of rotatable bonds is 5. The lowest BCUT2D eigenvalue weighted by Crippen LogP contribution is -2.32. The normalized spacial score (nSPS) is 15.7. The minimum atomic E-state index is -4.00. The maximum atomic E-state index is 13.2. The molecular weight excluding hydrogens is 331 g/mol. The van der Waals surface area contributed by atoms with Crippen LogP contribution >= 0.6 is 0 Å². The van der Waals surface area contributed by atoms with E-state index in [2.05, 4.69) is 14.7 Å². The van der Waals surface area contributed by atoms with Crippen molar-refractivity contribution in [2.75, 3.05) is 0 Å². The predicted octanol–water partition coefficient (Wildman–Crippen LogP) is 2.23. The molecule has 1 N–H and O–H groups in total. The Balaban J connectivity index is 1.97. The molecule has 0 aliphatic heterocycles. The number of aryl methyl sites for hydroxylation is 1. The largest absolute Gasteiger partial charge is 0.242 e. The van der Waals surface area contributed by atoms with E-state index in [1.165, 1.54) is 0 Å². The summed E-state index contributed by atoms with van der Waals surface area (Å²) in [6.45, 7) is 1.80. The van der Waals surface area contributed by atoms with Gasteiger partial charge in [0.1, 0.15) is 17.7 Å². The van der Waals surface area contributed by atoms with Gasteiger partial charge in [0.2, 0.25) is 10.0 Å². The SMILES string of the molecule is Cc1ccnc(C(NS(=O)(=O)c2ccc(F)cc2C#N)C2CC2)n1. The minimum Gasteiger partial charge on any atom is -0.240 e. The average Bonchev–Trinajstić information content (AvgIpc) is 3.37. The molecule has 1 aliphatic carbocycles. The summed E-state index contributed by atoms with van der Waals surface area (Å²) >= 11 is 0. The average molecular weight is 346 g/mol. The fourth-order valence-corrected chi connectivity index (χ4v) is 3.86. The maximum Gasteiger partial charge on any atom is 0.242 e. The third kappa shape index (κ3) is 3.42. The van der Waals surface area contributed by atoms with Gasteiger partial charge >= 0.3 is 0 Å². The molecule has 0 spiro atoms. The van der Waals surface area contributed by atoms with Crippen LogP contribution in [0, 0.1) is 30.0 Å². The molecular formula is C16H15FN4O2S. The Morgan fingerprint density at radius 3 is 2.75 bits per heavy atom. The van der Waals surface area contributed by atoms with Crippen molar-refractivity contribution in [1.82, 2.24) is 14.7 Å². The van der Waals surface area contributed by atoms with Gasteiger partial charge in [0, 0.05) is 11.9 Å². The number of hydrogen-bond donors (Lipinski definition) is 1. The van der Waals surface area contributed by atoms with Crippen molar-refractivity contribution in [3.63, 3.8) is 0 Å². The maximum absolute atomic E-state index is 13.2. The van der Waals surface area contributed by atoms with Crippen LogP contribution in [0.2, 0.25) is 0 Å². The molecule has 1 heterocycles. The first-order chi connectivity index (χ1) is 11.4. The molecule has 1 unspecified atom stereocenters. The second-order valence-corrected chi connectivity index (χ2v) is 7.43. The molecule has 1 aliphatic rings. The number of nitrogens with one attached hydrogen (secondary N) is 1. The predicted molar refractivity (Wildman–Crippen MR) is 83.7 cm³/mol. The van der Waals surface area contributed by atoms with Gasteiger partial charge in [-0.25, -0.2) is 27.5 Å². The van der Waals surface area contributed by atoms with Gasteiger partial charge in [-0.1, -0.05) is 0 Å². The van der Waals surface area contributed by atoms with Crippen molar-refractivity contribution in [3.05, 3.63) is 53.4 Å². The third-order valence-electron chi connectivity index (χ3n) is 3.82. The highest BCUT2D eigenvalue weighted by atomic mass is 32.2. The summed E-state index contributed by atoms with van der Waals surface area (Å²) in [4.78, 5) is 8.23. The van der Waals surface area contributed by atoms with Gasteiger partial charge in [-0.15, -0.1) is 0 Å². The Morgan fingerprint density at radius 2 is 2.12 bits per heavy atom. The van der Waals surface area contributed by atoms with Crippen LogP contribution in [0.1, 0.15) is 36.0 Å². The lowest BCUT2D eigenvalue weighted by molar-refractivity contribution is 0.509. The van der Waals surface area contributed by atoms with E-state index in [0.717, 1.165) is 36.7 Å². The Labute approximate surface area is 139 Å². The quantitative estimate of drug-likeness (QED) is 0.895. The van der Waals surface area contributed by atoms with Gasteiger partial charge in [-0.3, -0.25) is 0 Å². The molecule has 0 radical (unpaired) electrons. The topological polar surface area (TPSA) is 95.7 Å². The molecule has 6 nitrogen and oxygen atoms in total. The van der Waals surface area contributed by atoms with Crippen molar-refractivity contribution in [3.8, 4) is 6.07 Å². The zero-order chi connectivity index (χ0) is 17.3. The van der Waals surface area contributed by atoms with E-state index in [1.807, 2.05) is 0 Å². The standard InChI is InChI=1S/C16H15FN4O2S/c1-10-6-7-19-16(20-10)15(11-2-3-11)21-24(22,23)14-5-4-13(17)8-12(14)9-18/h4-8,11,15,21H,2-3H2,1H3. The molecule has 1 saturated carbocycles. The number of aromatic nitrogens is 2. The Hall–Kier alpha value is -2.37. The summed E-state index contributed by atoms with van der Waals surface area (Å²) in [6.07, 6.45) is 3.33. The van der Waals surface area contributed by atoms with E-state index in [4.69, 9.17) is 5.26 Å². The minimum absolute atomic E-state index is 0.118. The highest BCUT2D eigenvalue weighted by Crippen LogP contribution is 2.40. The molecule has 0 bridgehead atoms.